The van der Waals surface area contributed by atoms with E-state index in [1.54, 1.807) is 0 Å². The third kappa shape index (κ3) is 2.80. The van der Waals surface area contributed by atoms with Gasteiger partial charge in [-0.2, -0.15) is 11.8 Å². The lowest BCUT2D eigenvalue weighted by Gasteiger charge is -2.36. The van der Waals surface area contributed by atoms with Crippen LogP contribution >= 0.6 is 23.1 Å². The van der Waals surface area contributed by atoms with Gasteiger partial charge in [-0.1, -0.05) is 0 Å². The highest BCUT2D eigenvalue weighted by Crippen LogP contribution is 2.31. The fourth-order valence-corrected chi connectivity index (χ4v) is 4.30. The normalized spacial score (nSPS) is 21.9. The zero-order valence-electron chi connectivity index (χ0n) is 9.98. The molecule has 0 aromatic carbocycles. The monoisotopic (exact) mass is 256 g/mol. The second-order valence-electron chi connectivity index (χ2n) is 4.40. The van der Waals surface area contributed by atoms with Gasteiger partial charge in [0.2, 0.25) is 0 Å². The summed E-state index contributed by atoms with van der Waals surface area (Å²) in [5.74, 6) is 2.49. The van der Waals surface area contributed by atoms with Crippen LogP contribution in [-0.2, 0) is 0 Å². The summed E-state index contributed by atoms with van der Waals surface area (Å²) in [5.41, 5.74) is 6.17. The molecule has 2 heterocycles. The Morgan fingerprint density at radius 2 is 2.00 bits per heavy atom. The first-order valence-electron chi connectivity index (χ1n) is 5.82. The lowest BCUT2D eigenvalue weighted by molar-refractivity contribution is 0.198. The summed E-state index contributed by atoms with van der Waals surface area (Å²) in [5, 5.41) is 0. The highest BCUT2D eigenvalue weighted by Gasteiger charge is 2.26. The van der Waals surface area contributed by atoms with Gasteiger partial charge in [0.05, 0.1) is 6.04 Å². The van der Waals surface area contributed by atoms with Gasteiger partial charge in [-0.05, 0) is 26.0 Å². The Kier molecular flexibility index (Phi) is 4.30. The predicted molar refractivity (Wildman–Crippen MR) is 74.3 cm³/mol. The van der Waals surface area contributed by atoms with E-state index >= 15 is 0 Å². The molecule has 0 aliphatic carbocycles. The van der Waals surface area contributed by atoms with Crippen molar-refractivity contribution >= 4 is 23.1 Å². The molecule has 2 atom stereocenters. The molecule has 1 aromatic heterocycles. The first-order chi connectivity index (χ1) is 7.68. The third-order valence-electron chi connectivity index (χ3n) is 2.99. The Morgan fingerprint density at radius 1 is 1.31 bits per heavy atom. The maximum Gasteiger partial charge on any atom is 0.0591 e. The van der Waals surface area contributed by atoms with Crippen molar-refractivity contribution in [3.63, 3.8) is 0 Å². The van der Waals surface area contributed by atoms with E-state index in [1.807, 2.05) is 23.1 Å². The van der Waals surface area contributed by atoms with E-state index in [2.05, 4.69) is 30.9 Å². The van der Waals surface area contributed by atoms with Crippen LogP contribution in [-0.4, -0.2) is 35.5 Å². The quantitative estimate of drug-likeness (QED) is 0.901. The van der Waals surface area contributed by atoms with Crippen molar-refractivity contribution in [3.05, 3.63) is 21.9 Å². The molecule has 90 valence electrons. The van der Waals surface area contributed by atoms with Crippen LogP contribution in [0, 0.1) is 6.92 Å². The van der Waals surface area contributed by atoms with Crippen molar-refractivity contribution in [1.29, 1.82) is 0 Å². The predicted octanol–water partition coefficient (Wildman–Crippen LogP) is 2.49. The number of nitrogens with zero attached hydrogens (tertiary/aromatic N) is 1. The molecular formula is C12H20N2S2. The maximum absolute atomic E-state index is 6.17. The van der Waals surface area contributed by atoms with E-state index in [-0.39, 0.29) is 6.04 Å². The van der Waals surface area contributed by atoms with Crippen LogP contribution in [0.1, 0.15) is 22.7 Å². The third-order valence-corrected chi connectivity index (χ3v) is 5.00. The molecule has 2 nitrogen and oxygen atoms in total. The van der Waals surface area contributed by atoms with Crippen LogP contribution in [0.2, 0.25) is 0 Å². The van der Waals surface area contributed by atoms with Gasteiger partial charge in [-0.3, -0.25) is 4.90 Å². The van der Waals surface area contributed by atoms with Crippen molar-refractivity contribution in [2.45, 2.75) is 25.9 Å². The molecule has 1 fully saturated rings. The van der Waals surface area contributed by atoms with Crippen molar-refractivity contribution in [3.8, 4) is 0 Å². The van der Waals surface area contributed by atoms with Gasteiger partial charge in [0.15, 0.2) is 0 Å². The van der Waals surface area contributed by atoms with Crippen molar-refractivity contribution in [1.82, 2.24) is 4.90 Å². The molecule has 1 aliphatic heterocycles. The molecule has 4 heteroatoms. The lowest BCUT2D eigenvalue weighted by Crippen LogP contribution is -2.43. The summed E-state index contributed by atoms with van der Waals surface area (Å²) in [6, 6.07) is 5.07. The average molecular weight is 256 g/mol. The Hall–Kier alpha value is -0.0300. The first-order valence-corrected chi connectivity index (χ1v) is 7.79. The Labute approximate surface area is 106 Å². The number of aryl methyl sites for hydroxylation is 1. The van der Waals surface area contributed by atoms with Crippen LogP contribution in [0.5, 0.6) is 0 Å². The Morgan fingerprint density at radius 3 is 2.50 bits per heavy atom. The molecule has 1 saturated heterocycles. The first kappa shape index (κ1) is 12.4. The summed E-state index contributed by atoms with van der Waals surface area (Å²) in [4.78, 5) is 5.36. The van der Waals surface area contributed by atoms with Gasteiger partial charge in [0.25, 0.3) is 0 Å². The minimum Gasteiger partial charge on any atom is -0.326 e. The molecule has 1 aliphatic rings. The van der Waals surface area contributed by atoms with Gasteiger partial charge in [0.1, 0.15) is 0 Å². The summed E-state index contributed by atoms with van der Waals surface area (Å²) in [6.07, 6.45) is 0. The van der Waals surface area contributed by atoms with E-state index in [0.29, 0.717) is 6.04 Å². The van der Waals surface area contributed by atoms with E-state index in [9.17, 15) is 0 Å². The number of hydrogen-bond acceptors (Lipinski definition) is 4. The van der Waals surface area contributed by atoms with E-state index in [1.165, 1.54) is 34.3 Å². The molecule has 0 saturated carbocycles. The molecule has 2 rings (SSSR count). The van der Waals surface area contributed by atoms with E-state index < -0.39 is 0 Å². The van der Waals surface area contributed by atoms with Crippen LogP contribution in [0.4, 0.5) is 0 Å². The van der Waals surface area contributed by atoms with Gasteiger partial charge >= 0.3 is 0 Å². The van der Waals surface area contributed by atoms with Crippen LogP contribution in [0.25, 0.3) is 0 Å². The minimum atomic E-state index is 0.209. The molecule has 2 N–H and O–H groups in total. The lowest BCUT2D eigenvalue weighted by atomic mass is 10.1. The smallest absolute Gasteiger partial charge is 0.0591 e. The van der Waals surface area contributed by atoms with Gasteiger partial charge in [0, 0.05) is 40.4 Å². The van der Waals surface area contributed by atoms with Gasteiger partial charge in [-0.25, -0.2) is 0 Å². The summed E-state index contributed by atoms with van der Waals surface area (Å²) in [7, 11) is 0. The van der Waals surface area contributed by atoms with Crippen molar-refractivity contribution in [2.75, 3.05) is 24.6 Å². The highest BCUT2D eigenvalue weighted by molar-refractivity contribution is 7.99. The van der Waals surface area contributed by atoms with Gasteiger partial charge < -0.3 is 5.73 Å². The van der Waals surface area contributed by atoms with Crippen LogP contribution in [0.3, 0.4) is 0 Å². The second-order valence-corrected chi connectivity index (χ2v) is 6.94. The number of hydrogen-bond donors (Lipinski definition) is 1. The molecule has 0 spiro atoms. The second kappa shape index (κ2) is 5.54. The summed E-state index contributed by atoms with van der Waals surface area (Å²) >= 11 is 3.94. The molecule has 1 aromatic rings. The fourth-order valence-electron chi connectivity index (χ4n) is 2.24. The van der Waals surface area contributed by atoms with Crippen LogP contribution in [0.15, 0.2) is 12.1 Å². The molecule has 16 heavy (non-hydrogen) atoms. The summed E-state index contributed by atoms with van der Waals surface area (Å²) in [6.45, 7) is 6.64. The van der Waals surface area contributed by atoms with Crippen molar-refractivity contribution < 1.29 is 0 Å². The standard InChI is InChI=1S/C12H20N2S2/c1-9-3-4-11(16-9)12(10(2)13)14-5-7-15-8-6-14/h3-4,10,12H,5-8,13H2,1-2H3. The van der Waals surface area contributed by atoms with E-state index in [4.69, 9.17) is 5.73 Å². The molecule has 0 radical (unpaired) electrons. The molecule has 0 amide bonds. The molecule has 0 bridgehead atoms. The Balaban J connectivity index is 2.16. The summed E-state index contributed by atoms with van der Waals surface area (Å²) < 4.78 is 0. The minimum absolute atomic E-state index is 0.209. The average Bonchev–Trinajstić information content (AvgIpc) is 2.66. The highest BCUT2D eigenvalue weighted by atomic mass is 32.2. The largest absolute Gasteiger partial charge is 0.326 e. The fraction of sp³-hybridized carbons (Fsp3) is 0.667. The SMILES string of the molecule is Cc1ccc(C(C(C)N)N2CCSCC2)s1. The number of nitrogens with two attached hydrogens (primary N) is 1. The number of thioether (sulfide) groups is 1. The topological polar surface area (TPSA) is 29.3 Å². The van der Waals surface area contributed by atoms with Crippen LogP contribution < -0.4 is 5.73 Å². The zero-order valence-corrected chi connectivity index (χ0v) is 11.6. The number of rotatable bonds is 3. The van der Waals surface area contributed by atoms with E-state index in [0.717, 1.165) is 0 Å². The molecular weight excluding hydrogens is 236 g/mol. The van der Waals surface area contributed by atoms with Gasteiger partial charge in [-0.15, -0.1) is 11.3 Å². The van der Waals surface area contributed by atoms with Crippen molar-refractivity contribution in [2.24, 2.45) is 5.73 Å². The number of thiophene rings is 1. The zero-order chi connectivity index (χ0) is 11.5. The maximum atomic E-state index is 6.17. The Bertz CT molecular complexity index is 330. The molecule has 2 unspecified atom stereocenters.